The topological polar surface area (TPSA) is 75.1 Å². The monoisotopic (exact) mass is 388 g/mol. The summed E-state index contributed by atoms with van der Waals surface area (Å²) in [5, 5.41) is 6.24. The molecule has 0 atom stereocenters. The molecule has 2 N–H and O–H groups in total. The van der Waals surface area contributed by atoms with Gasteiger partial charge in [0.25, 0.3) is 5.91 Å². The van der Waals surface area contributed by atoms with E-state index in [-0.39, 0.29) is 5.91 Å². The molecule has 0 aliphatic carbocycles. The SMILES string of the molecule is Cc1ncc(-c2ccc3c(c2)C=C(NC(=O)c2ccnc(N(C)C)c2)NC3)n1C. The third-order valence-corrected chi connectivity index (χ3v) is 5.15. The van der Waals surface area contributed by atoms with Crippen molar-refractivity contribution in [3.8, 4) is 11.3 Å². The molecule has 0 unspecified atom stereocenters. The average molecular weight is 388 g/mol. The summed E-state index contributed by atoms with van der Waals surface area (Å²) in [5.41, 5.74) is 5.00. The van der Waals surface area contributed by atoms with Gasteiger partial charge in [0.15, 0.2) is 0 Å². The number of amides is 1. The molecule has 2 aromatic heterocycles. The molecule has 0 spiro atoms. The van der Waals surface area contributed by atoms with Gasteiger partial charge in [0, 0.05) is 45.0 Å². The van der Waals surface area contributed by atoms with Crippen LogP contribution in [-0.2, 0) is 13.6 Å². The van der Waals surface area contributed by atoms with E-state index in [2.05, 4.69) is 43.4 Å². The van der Waals surface area contributed by atoms with E-state index in [1.807, 2.05) is 45.2 Å². The van der Waals surface area contributed by atoms with Crippen molar-refractivity contribution >= 4 is 17.8 Å². The first-order valence-corrected chi connectivity index (χ1v) is 9.44. The van der Waals surface area contributed by atoms with Crippen LogP contribution >= 0.6 is 0 Å². The maximum atomic E-state index is 12.7. The highest BCUT2D eigenvalue weighted by atomic mass is 16.1. The molecule has 4 rings (SSSR count). The van der Waals surface area contributed by atoms with Crippen molar-refractivity contribution in [3.05, 3.63) is 71.1 Å². The predicted molar refractivity (Wildman–Crippen MR) is 114 cm³/mol. The molecule has 3 heterocycles. The average Bonchev–Trinajstić information content (AvgIpc) is 3.06. The number of rotatable bonds is 4. The van der Waals surface area contributed by atoms with Crippen molar-refractivity contribution in [2.75, 3.05) is 19.0 Å². The van der Waals surface area contributed by atoms with E-state index in [4.69, 9.17) is 0 Å². The lowest BCUT2D eigenvalue weighted by atomic mass is 10.00. The van der Waals surface area contributed by atoms with Crippen LogP contribution in [0.3, 0.4) is 0 Å². The Morgan fingerprint density at radius 2 is 2.03 bits per heavy atom. The molecule has 1 aliphatic heterocycles. The highest BCUT2D eigenvalue weighted by Gasteiger charge is 2.15. The maximum absolute atomic E-state index is 12.7. The molecule has 7 heteroatoms. The van der Waals surface area contributed by atoms with E-state index in [0.29, 0.717) is 17.9 Å². The molecule has 0 bridgehead atoms. The van der Waals surface area contributed by atoms with Crippen molar-refractivity contribution in [2.24, 2.45) is 7.05 Å². The van der Waals surface area contributed by atoms with E-state index in [9.17, 15) is 4.79 Å². The van der Waals surface area contributed by atoms with Crippen LogP contribution < -0.4 is 15.5 Å². The first kappa shape index (κ1) is 18.7. The lowest BCUT2D eigenvalue weighted by Gasteiger charge is -2.20. The number of pyridine rings is 1. The molecule has 0 radical (unpaired) electrons. The van der Waals surface area contributed by atoms with Gasteiger partial charge in [-0.2, -0.15) is 0 Å². The van der Waals surface area contributed by atoms with Crippen LogP contribution in [0.2, 0.25) is 0 Å². The summed E-state index contributed by atoms with van der Waals surface area (Å²) in [5.74, 6) is 2.22. The number of nitrogens with zero attached hydrogens (tertiary/aromatic N) is 4. The highest BCUT2D eigenvalue weighted by Crippen LogP contribution is 2.26. The number of aromatic nitrogens is 3. The number of fused-ring (bicyclic) bond motifs is 1. The van der Waals surface area contributed by atoms with Crippen LogP contribution in [0.15, 0.2) is 48.5 Å². The Morgan fingerprint density at radius 3 is 2.76 bits per heavy atom. The maximum Gasteiger partial charge on any atom is 0.256 e. The Hall–Kier alpha value is -3.61. The van der Waals surface area contributed by atoms with E-state index >= 15 is 0 Å². The Morgan fingerprint density at radius 1 is 1.21 bits per heavy atom. The normalized spacial score (nSPS) is 12.6. The number of hydrogen-bond acceptors (Lipinski definition) is 5. The fourth-order valence-electron chi connectivity index (χ4n) is 3.30. The number of anilines is 1. The van der Waals surface area contributed by atoms with Gasteiger partial charge in [0.1, 0.15) is 17.5 Å². The van der Waals surface area contributed by atoms with Crippen LogP contribution in [0.25, 0.3) is 17.3 Å². The van der Waals surface area contributed by atoms with Gasteiger partial charge in [-0.25, -0.2) is 9.97 Å². The van der Waals surface area contributed by atoms with Gasteiger partial charge in [-0.05, 0) is 42.3 Å². The molecule has 0 fully saturated rings. The Kier molecular flexibility index (Phi) is 4.80. The van der Waals surface area contributed by atoms with Gasteiger partial charge < -0.3 is 20.1 Å². The third kappa shape index (κ3) is 3.71. The standard InChI is InChI=1S/C22H24N6O/c1-14-24-13-19(28(14)4)15-5-6-17-12-25-20(10-18(17)9-15)26-22(29)16-7-8-23-21(11-16)27(2)3/h5-11,13,25H,12H2,1-4H3,(H,26,29). The zero-order valence-electron chi connectivity index (χ0n) is 17.0. The van der Waals surface area contributed by atoms with E-state index in [0.717, 1.165) is 28.5 Å². The Bertz CT molecular complexity index is 1110. The summed E-state index contributed by atoms with van der Waals surface area (Å²) in [7, 11) is 5.80. The number of carbonyl (C=O) groups is 1. The van der Waals surface area contributed by atoms with Crippen LogP contribution in [0.1, 0.15) is 27.3 Å². The molecule has 29 heavy (non-hydrogen) atoms. The molecule has 3 aromatic rings. The molecule has 1 aliphatic rings. The van der Waals surface area contributed by atoms with Gasteiger partial charge in [0.2, 0.25) is 0 Å². The third-order valence-electron chi connectivity index (χ3n) is 5.15. The number of nitrogens with one attached hydrogen (secondary N) is 2. The first-order valence-electron chi connectivity index (χ1n) is 9.44. The van der Waals surface area contributed by atoms with E-state index in [1.165, 1.54) is 5.56 Å². The van der Waals surface area contributed by atoms with Gasteiger partial charge in [-0.1, -0.05) is 12.1 Å². The van der Waals surface area contributed by atoms with Crippen LogP contribution in [-0.4, -0.2) is 34.5 Å². The van der Waals surface area contributed by atoms with Gasteiger partial charge in [-0.3, -0.25) is 4.79 Å². The second-order valence-corrected chi connectivity index (χ2v) is 7.33. The van der Waals surface area contributed by atoms with Gasteiger partial charge >= 0.3 is 0 Å². The van der Waals surface area contributed by atoms with E-state index in [1.54, 1.807) is 18.3 Å². The fourth-order valence-corrected chi connectivity index (χ4v) is 3.30. The lowest BCUT2D eigenvalue weighted by Crippen LogP contribution is -2.33. The van der Waals surface area contributed by atoms with E-state index < -0.39 is 0 Å². The number of carbonyl (C=O) groups excluding carboxylic acids is 1. The smallest absolute Gasteiger partial charge is 0.256 e. The van der Waals surface area contributed by atoms with Crippen molar-refractivity contribution in [1.29, 1.82) is 0 Å². The molecule has 1 amide bonds. The minimum absolute atomic E-state index is 0.170. The number of benzene rings is 1. The van der Waals surface area contributed by atoms with Crippen LogP contribution in [0.5, 0.6) is 0 Å². The summed E-state index contributed by atoms with van der Waals surface area (Å²) in [6, 6.07) is 9.84. The van der Waals surface area contributed by atoms with Gasteiger partial charge in [0.05, 0.1) is 11.9 Å². The molecule has 0 saturated heterocycles. The molecule has 7 nitrogen and oxygen atoms in total. The summed E-state index contributed by atoms with van der Waals surface area (Å²) < 4.78 is 2.07. The number of imidazole rings is 1. The molecular formula is C22H24N6O. The summed E-state index contributed by atoms with van der Waals surface area (Å²) >= 11 is 0. The zero-order valence-corrected chi connectivity index (χ0v) is 17.0. The molecule has 1 aromatic carbocycles. The van der Waals surface area contributed by atoms with Crippen molar-refractivity contribution in [3.63, 3.8) is 0 Å². The lowest BCUT2D eigenvalue weighted by molar-refractivity contribution is 0.0963. The van der Waals surface area contributed by atoms with Crippen molar-refractivity contribution < 1.29 is 4.79 Å². The largest absolute Gasteiger partial charge is 0.367 e. The highest BCUT2D eigenvalue weighted by molar-refractivity contribution is 5.96. The quantitative estimate of drug-likeness (QED) is 0.719. The van der Waals surface area contributed by atoms with Crippen molar-refractivity contribution in [2.45, 2.75) is 13.5 Å². The minimum atomic E-state index is -0.170. The van der Waals surface area contributed by atoms with Crippen LogP contribution in [0, 0.1) is 6.92 Å². The Labute approximate surface area is 170 Å². The molecule has 148 valence electrons. The molecule has 0 saturated carbocycles. The minimum Gasteiger partial charge on any atom is -0.367 e. The summed E-state index contributed by atoms with van der Waals surface area (Å²) in [6.45, 7) is 2.64. The van der Waals surface area contributed by atoms with Crippen LogP contribution in [0.4, 0.5) is 5.82 Å². The Balaban J connectivity index is 1.58. The second kappa shape index (κ2) is 7.43. The zero-order chi connectivity index (χ0) is 20.5. The number of aryl methyl sites for hydroxylation is 1. The molecular weight excluding hydrogens is 364 g/mol. The first-order chi connectivity index (χ1) is 13.9. The van der Waals surface area contributed by atoms with Crippen molar-refractivity contribution in [1.82, 2.24) is 25.2 Å². The van der Waals surface area contributed by atoms with Gasteiger partial charge in [-0.15, -0.1) is 0 Å². The fraction of sp³-hybridized carbons (Fsp3) is 0.227. The predicted octanol–water partition coefficient (Wildman–Crippen LogP) is 2.69. The summed E-state index contributed by atoms with van der Waals surface area (Å²) in [6.07, 6.45) is 5.50. The number of hydrogen-bond donors (Lipinski definition) is 2. The summed E-state index contributed by atoms with van der Waals surface area (Å²) in [4.78, 5) is 23.2. The second-order valence-electron chi connectivity index (χ2n) is 7.33.